The minimum absolute atomic E-state index is 0.0296. The van der Waals surface area contributed by atoms with Gasteiger partial charge in [-0.2, -0.15) is 0 Å². The fraction of sp³-hybridized carbons (Fsp3) is 0.421. The van der Waals surface area contributed by atoms with E-state index in [-0.39, 0.29) is 27.7 Å². The van der Waals surface area contributed by atoms with Crippen LogP contribution in [0.15, 0.2) is 41.4 Å². The quantitative estimate of drug-likeness (QED) is 0.758. The molecule has 2 heterocycles. The standard InChI is InChI=1S/C19H24FN3O4S/c1-21-28(25,26)16-11-17(23(2)12-16)18(24)22-13-19(7-9-27-10-8-19)14-3-5-15(20)6-4-14/h3-6,11-12,21H,7-10,13H2,1-2H3,(H,22,24). The van der Waals surface area contributed by atoms with Crippen LogP contribution in [0.25, 0.3) is 0 Å². The molecule has 1 fully saturated rings. The van der Waals surface area contributed by atoms with Gasteiger partial charge in [-0.3, -0.25) is 4.79 Å². The van der Waals surface area contributed by atoms with Gasteiger partial charge in [0.15, 0.2) is 0 Å². The third kappa shape index (κ3) is 4.11. The Morgan fingerprint density at radius 1 is 1.25 bits per heavy atom. The van der Waals surface area contributed by atoms with Gasteiger partial charge in [-0.15, -0.1) is 0 Å². The first-order valence-corrected chi connectivity index (χ1v) is 10.5. The van der Waals surface area contributed by atoms with Crippen LogP contribution in [-0.2, 0) is 27.2 Å². The molecule has 1 amide bonds. The molecule has 1 saturated heterocycles. The van der Waals surface area contributed by atoms with Crippen LogP contribution in [0.2, 0.25) is 0 Å². The molecule has 3 rings (SSSR count). The highest BCUT2D eigenvalue weighted by Gasteiger charge is 2.35. The number of carbonyl (C=O) groups is 1. The van der Waals surface area contributed by atoms with Crippen molar-refractivity contribution in [2.45, 2.75) is 23.2 Å². The van der Waals surface area contributed by atoms with Crippen molar-refractivity contribution in [2.24, 2.45) is 7.05 Å². The first kappa shape index (κ1) is 20.5. The van der Waals surface area contributed by atoms with Crippen molar-refractivity contribution in [3.05, 3.63) is 53.6 Å². The molecule has 0 bridgehead atoms. The highest BCUT2D eigenvalue weighted by atomic mass is 32.2. The zero-order chi connectivity index (χ0) is 20.4. The molecule has 1 aliphatic heterocycles. The van der Waals surface area contributed by atoms with Crippen LogP contribution >= 0.6 is 0 Å². The molecule has 0 unspecified atom stereocenters. The molecule has 2 N–H and O–H groups in total. The predicted octanol–water partition coefficient (Wildman–Crippen LogP) is 1.55. The van der Waals surface area contributed by atoms with E-state index >= 15 is 0 Å². The first-order chi connectivity index (χ1) is 13.3. The Morgan fingerprint density at radius 2 is 1.89 bits per heavy atom. The lowest BCUT2D eigenvalue weighted by molar-refractivity contribution is 0.0486. The molecule has 1 aromatic heterocycles. The number of nitrogens with one attached hydrogen (secondary N) is 2. The van der Waals surface area contributed by atoms with E-state index in [1.165, 1.54) is 36.0 Å². The number of carbonyl (C=O) groups excluding carboxylic acids is 1. The number of aromatic nitrogens is 1. The van der Waals surface area contributed by atoms with E-state index in [0.29, 0.717) is 32.6 Å². The summed E-state index contributed by atoms with van der Waals surface area (Å²) in [7, 11) is -0.693. The number of aryl methyl sites for hydroxylation is 1. The van der Waals surface area contributed by atoms with Gasteiger partial charge in [0.05, 0.1) is 0 Å². The molecule has 152 valence electrons. The molecule has 0 radical (unpaired) electrons. The highest BCUT2D eigenvalue weighted by Crippen LogP contribution is 2.34. The fourth-order valence-electron chi connectivity index (χ4n) is 3.50. The topological polar surface area (TPSA) is 89.4 Å². The van der Waals surface area contributed by atoms with Crippen molar-refractivity contribution in [1.82, 2.24) is 14.6 Å². The van der Waals surface area contributed by atoms with Gasteiger partial charge >= 0.3 is 0 Å². The van der Waals surface area contributed by atoms with Crippen LogP contribution in [0.1, 0.15) is 28.9 Å². The maximum atomic E-state index is 13.3. The third-order valence-electron chi connectivity index (χ3n) is 5.29. The summed E-state index contributed by atoms with van der Waals surface area (Å²) in [4.78, 5) is 12.8. The Hall–Kier alpha value is -2.23. The Kier molecular flexibility index (Phi) is 5.87. The van der Waals surface area contributed by atoms with Crippen LogP contribution < -0.4 is 10.0 Å². The molecule has 1 aromatic carbocycles. The second-order valence-electron chi connectivity index (χ2n) is 6.96. The second kappa shape index (κ2) is 8.02. The molecule has 2 aromatic rings. The van der Waals surface area contributed by atoms with Crippen molar-refractivity contribution < 1.29 is 22.3 Å². The van der Waals surface area contributed by atoms with Gasteiger partial charge in [-0.1, -0.05) is 12.1 Å². The number of hydrogen-bond acceptors (Lipinski definition) is 4. The zero-order valence-electron chi connectivity index (χ0n) is 15.9. The molecule has 28 heavy (non-hydrogen) atoms. The monoisotopic (exact) mass is 409 g/mol. The normalized spacial score (nSPS) is 16.7. The van der Waals surface area contributed by atoms with Gasteiger partial charge < -0.3 is 14.6 Å². The zero-order valence-corrected chi connectivity index (χ0v) is 16.7. The fourth-order valence-corrected chi connectivity index (χ4v) is 4.30. The van der Waals surface area contributed by atoms with Crippen molar-refractivity contribution in [2.75, 3.05) is 26.8 Å². The van der Waals surface area contributed by atoms with E-state index < -0.39 is 10.0 Å². The van der Waals surface area contributed by atoms with E-state index in [4.69, 9.17) is 4.74 Å². The van der Waals surface area contributed by atoms with Crippen LogP contribution in [0.4, 0.5) is 4.39 Å². The van der Waals surface area contributed by atoms with E-state index in [1.807, 2.05) is 0 Å². The minimum atomic E-state index is -3.63. The molecule has 0 atom stereocenters. The maximum absolute atomic E-state index is 13.3. The summed E-state index contributed by atoms with van der Waals surface area (Å²) < 4.78 is 46.4. The lowest BCUT2D eigenvalue weighted by atomic mass is 9.74. The largest absolute Gasteiger partial charge is 0.381 e. The average molecular weight is 409 g/mol. The maximum Gasteiger partial charge on any atom is 0.267 e. The SMILES string of the molecule is CNS(=O)(=O)c1cc(C(=O)NCC2(c3ccc(F)cc3)CCOCC2)n(C)c1. The minimum Gasteiger partial charge on any atom is -0.381 e. The average Bonchev–Trinajstić information content (AvgIpc) is 3.10. The Morgan fingerprint density at radius 3 is 2.50 bits per heavy atom. The second-order valence-corrected chi connectivity index (χ2v) is 8.85. The first-order valence-electron chi connectivity index (χ1n) is 8.99. The lowest BCUT2D eigenvalue weighted by Crippen LogP contribution is -2.44. The Labute approximate surface area is 163 Å². The van der Waals surface area contributed by atoms with Gasteiger partial charge in [-0.25, -0.2) is 17.5 Å². The number of ether oxygens (including phenoxy) is 1. The highest BCUT2D eigenvalue weighted by molar-refractivity contribution is 7.89. The van der Waals surface area contributed by atoms with Crippen LogP contribution in [0, 0.1) is 5.82 Å². The van der Waals surface area contributed by atoms with Crippen molar-refractivity contribution >= 4 is 15.9 Å². The molecule has 9 heteroatoms. The summed E-state index contributed by atoms with van der Waals surface area (Å²) in [6.45, 7) is 1.46. The van der Waals surface area contributed by atoms with Crippen LogP contribution in [-0.4, -0.2) is 45.7 Å². The summed E-state index contributed by atoms with van der Waals surface area (Å²) >= 11 is 0. The third-order valence-corrected chi connectivity index (χ3v) is 6.67. The number of benzene rings is 1. The summed E-state index contributed by atoms with van der Waals surface area (Å²) in [5.74, 6) is -0.676. The number of sulfonamides is 1. The Balaban J connectivity index is 1.80. The van der Waals surface area contributed by atoms with Crippen LogP contribution in [0.5, 0.6) is 0 Å². The Bertz CT molecular complexity index is 948. The van der Waals surface area contributed by atoms with E-state index in [9.17, 15) is 17.6 Å². The van der Waals surface area contributed by atoms with Crippen molar-refractivity contribution in [1.29, 1.82) is 0 Å². The van der Waals surface area contributed by atoms with Crippen LogP contribution in [0.3, 0.4) is 0 Å². The molecule has 0 aliphatic carbocycles. The molecular formula is C19H24FN3O4S. The van der Waals surface area contributed by atoms with E-state index in [2.05, 4.69) is 10.0 Å². The van der Waals surface area contributed by atoms with Crippen molar-refractivity contribution in [3.8, 4) is 0 Å². The van der Waals surface area contributed by atoms with E-state index in [0.717, 1.165) is 5.56 Å². The molecular weight excluding hydrogens is 385 g/mol. The number of nitrogens with zero attached hydrogens (tertiary/aromatic N) is 1. The molecule has 7 nitrogen and oxygen atoms in total. The van der Waals surface area contributed by atoms with Gasteiger partial charge in [0, 0.05) is 38.4 Å². The lowest BCUT2D eigenvalue weighted by Gasteiger charge is -2.38. The summed E-state index contributed by atoms with van der Waals surface area (Å²) in [5.41, 5.74) is 0.838. The number of rotatable bonds is 6. The number of hydrogen-bond donors (Lipinski definition) is 2. The van der Waals surface area contributed by atoms with E-state index in [1.54, 1.807) is 19.2 Å². The van der Waals surface area contributed by atoms with Crippen molar-refractivity contribution in [3.63, 3.8) is 0 Å². The van der Waals surface area contributed by atoms with Gasteiger partial charge in [-0.05, 0) is 43.7 Å². The van der Waals surface area contributed by atoms with Gasteiger partial charge in [0.25, 0.3) is 5.91 Å². The number of amides is 1. The number of halogens is 1. The predicted molar refractivity (Wildman–Crippen MR) is 102 cm³/mol. The molecule has 0 spiro atoms. The summed E-state index contributed by atoms with van der Waals surface area (Å²) in [6, 6.07) is 7.66. The smallest absolute Gasteiger partial charge is 0.267 e. The van der Waals surface area contributed by atoms with Gasteiger partial charge in [0.1, 0.15) is 16.4 Å². The molecule has 0 saturated carbocycles. The van der Waals surface area contributed by atoms with Gasteiger partial charge in [0.2, 0.25) is 10.0 Å². The summed E-state index contributed by atoms with van der Waals surface area (Å²) in [6.07, 6.45) is 2.79. The molecule has 1 aliphatic rings. The summed E-state index contributed by atoms with van der Waals surface area (Å²) in [5, 5.41) is 2.92.